The Morgan fingerprint density at radius 1 is 0.327 bits per heavy atom. The van der Waals surface area contributed by atoms with Gasteiger partial charge in [0.1, 0.15) is 0 Å². The molecule has 1 unspecified atom stereocenters. The Morgan fingerprint density at radius 3 is 1.23 bits per heavy atom. The summed E-state index contributed by atoms with van der Waals surface area (Å²) >= 11 is 0. The average molecular weight is 1270 g/mol. The van der Waals surface area contributed by atoms with Gasteiger partial charge in [-0.15, -0.1) is 0 Å². The lowest BCUT2D eigenvalue weighted by Crippen LogP contribution is -2.31. The Kier molecular flexibility index (Phi) is 12.0. The summed E-state index contributed by atoms with van der Waals surface area (Å²) in [5.74, 6) is -0.765. The Balaban J connectivity index is 1.06. The maximum atomic E-state index is 9.87. The minimum atomic E-state index is -0.509. The van der Waals surface area contributed by atoms with Crippen molar-refractivity contribution in [2.45, 2.75) is 70.6 Å². The lowest BCUT2D eigenvalue weighted by atomic mass is 9.71. The molecule has 0 saturated heterocycles. The summed E-state index contributed by atoms with van der Waals surface area (Å²) in [5, 5.41) is 0.0290. The van der Waals surface area contributed by atoms with Gasteiger partial charge in [0.05, 0.1) is 56.1 Å². The number of nitrogens with zero attached hydrogens (tertiary/aromatic N) is 3. The minimum Gasteiger partial charge on any atom is -0.309 e. The van der Waals surface area contributed by atoms with Gasteiger partial charge in [-0.3, -0.25) is 0 Å². The number of rotatable bonds is 9. The van der Waals surface area contributed by atoms with E-state index in [2.05, 4.69) is 306 Å². The fraction of sp³-hybridized carbons (Fsp3) is 0.116. The van der Waals surface area contributed by atoms with E-state index < -0.39 is 30.1 Å². The molecule has 0 spiro atoms. The van der Waals surface area contributed by atoms with E-state index in [1.807, 2.05) is 18.2 Å². The summed E-state index contributed by atoms with van der Waals surface area (Å²) in [7, 11) is 0. The third-order valence-electron chi connectivity index (χ3n) is 20.7. The highest BCUT2D eigenvalue weighted by molar-refractivity contribution is 6.10. The van der Waals surface area contributed by atoms with Gasteiger partial charge in [-0.25, -0.2) is 0 Å². The van der Waals surface area contributed by atoms with Crippen molar-refractivity contribution in [1.29, 1.82) is 0 Å². The van der Waals surface area contributed by atoms with Crippen molar-refractivity contribution in [2.24, 2.45) is 0 Å². The molecule has 3 nitrogen and oxygen atoms in total. The molecule has 1 atom stereocenters. The van der Waals surface area contributed by atoms with Crippen LogP contribution in [0.15, 0.2) is 321 Å². The van der Waals surface area contributed by atoms with E-state index in [9.17, 15) is 8.22 Å². The second-order valence-corrected chi connectivity index (χ2v) is 28.6. The van der Waals surface area contributed by atoms with Gasteiger partial charge in [-0.05, 0) is 149 Å². The molecule has 0 saturated carbocycles. The molecule has 3 heterocycles. The van der Waals surface area contributed by atoms with E-state index in [4.69, 9.17) is 2.74 Å². The lowest BCUT2D eigenvalue weighted by molar-refractivity contribution is 0.569. The van der Waals surface area contributed by atoms with Crippen LogP contribution in [0.1, 0.15) is 120 Å². The first-order valence-corrected chi connectivity index (χ1v) is 34.1. The molecule has 3 aliphatic rings. The van der Waals surface area contributed by atoms with Gasteiger partial charge >= 0.3 is 0 Å². The van der Waals surface area contributed by atoms with Crippen LogP contribution in [0, 0.1) is 0 Å². The van der Waals surface area contributed by atoms with E-state index in [1.54, 1.807) is 4.57 Å². The van der Waals surface area contributed by atoms with Crippen molar-refractivity contribution in [3.05, 3.63) is 377 Å². The number of aromatic nitrogens is 1. The van der Waals surface area contributed by atoms with Gasteiger partial charge in [0.15, 0.2) is 0 Å². The Bertz CT molecular complexity index is 5860. The first kappa shape index (κ1) is 50.8. The highest BCUT2D eigenvalue weighted by Crippen LogP contribution is 2.65. The molecule has 2 aliphatic heterocycles. The van der Waals surface area contributed by atoms with Crippen LogP contribution in [0.5, 0.6) is 0 Å². The smallest absolute Gasteiger partial charge is 0.0645 e. The molecule has 15 aromatic rings. The summed E-state index contributed by atoms with van der Waals surface area (Å²) in [6, 6.07) is 95.8. The predicted octanol–water partition coefficient (Wildman–Crippen LogP) is 25.5. The van der Waals surface area contributed by atoms with E-state index in [1.165, 1.54) is 33.4 Å². The third kappa shape index (κ3) is 9.69. The fourth-order valence-corrected chi connectivity index (χ4v) is 16.0. The van der Waals surface area contributed by atoms with Crippen molar-refractivity contribution < 1.29 is 11.0 Å². The van der Waals surface area contributed by atoms with Crippen LogP contribution in [-0.4, -0.2) is 4.57 Å². The Morgan fingerprint density at radius 2 is 0.765 bits per heavy atom. The number of fused-ring (bicyclic) bond motifs is 9. The number of hydrogen-bond donors (Lipinski definition) is 0. The molecule has 0 N–H and O–H groups in total. The summed E-state index contributed by atoms with van der Waals surface area (Å²) in [6.45, 7) is 13.7. The van der Waals surface area contributed by atoms with Crippen molar-refractivity contribution in [2.75, 3.05) is 9.80 Å². The molecule has 3 heteroatoms. The molecule has 1 aliphatic carbocycles. The van der Waals surface area contributed by atoms with Crippen molar-refractivity contribution in [1.82, 2.24) is 4.57 Å². The molecule has 0 bridgehead atoms. The standard InChI is InChI=1S/C95H75N3/c1-94(2,3)70-54-68(55-71(59-70)95(4,5)6)65-49-52-85-82(56-65)90-81-51-50-72(96-83-47-25-23-41-79(83)80-42-24-26-48-84(80)96)60-86(81)98(93-77(63-33-15-9-16-34-63)45-28-46-78(93)64-35-17-10-18-36-64)88-58-69(89-73-39-21-19-37-66(73)53-67-38-20-22-40-74(67)89)57-87(91(88)90)97(85)92-75(61-29-11-7-12-30-61)43-27-44-76(92)62-31-13-8-14-32-62/h7-52,54-60,89-90H,53H2,1-6H3/i23D,24D,25D,26D,41D,42D,47D,48D. The zero-order valence-electron chi connectivity index (χ0n) is 63.7. The quantitative estimate of drug-likeness (QED) is 0.143. The number of para-hydroxylation sites is 4. The van der Waals surface area contributed by atoms with Gasteiger partial charge in [0.2, 0.25) is 0 Å². The fourth-order valence-electron chi connectivity index (χ4n) is 16.0. The summed E-state index contributed by atoms with van der Waals surface area (Å²) < 4.78 is 77.4. The molecular formula is C95H75N3. The molecule has 0 radical (unpaired) electrons. The molecule has 470 valence electrons. The third-order valence-corrected chi connectivity index (χ3v) is 20.7. The molecular weight excluding hydrogens is 1180 g/mol. The molecule has 0 amide bonds. The van der Waals surface area contributed by atoms with E-state index in [0.29, 0.717) is 5.69 Å². The SMILES string of the molecule is [2H]c1c([2H])c([2H])c2c(c1[2H])c1c([2H])c([2H])c([2H])c([2H])c1n2-c1ccc2c(c1)N(c1c(-c3ccccc3)cccc1-c1ccccc1)c1cc(C3c4ccccc4Cc4ccccc43)cc3c1C2c1cc(-c2cc(C(C)(C)C)cc(C(C)(C)C)c2)ccc1N3c1c(-c2ccccc2)cccc1-c1ccccc1. The zero-order chi connectivity index (χ0) is 72.9. The highest BCUT2D eigenvalue weighted by Gasteiger charge is 2.45. The topological polar surface area (TPSA) is 11.4 Å². The van der Waals surface area contributed by atoms with Gasteiger partial charge in [0.25, 0.3) is 0 Å². The Hall–Kier alpha value is -11.5. The van der Waals surface area contributed by atoms with Crippen LogP contribution in [0.2, 0.25) is 0 Å². The molecule has 98 heavy (non-hydrogen) atoms. The average Bonchev–Trinajstić information content (AvgIpc) is 0.722. The van der Waals surface area contributed by atoms with E-state index in [-0.39, 0.29) is 62.7 Å². The minimum absolute atomic E-state index is 0.0145. The summed E-state index contributed by atoms with van der Waals surface area (Å²) in [4.78, 5) is 5.06. The molecule has 18 rings (SSSR count). The largest absolute Gasteiger partial charge is 0.309 e. The number of anilines is 6. The zero-order valence-corrected chi connectivity index (χ0v) is 55.7. The first-order chi connectivity index (χ1) is 51.2. The second-order valence-electron chi connectivity index (χ2n) is 28.6. The summed E-state index contributed by atoms with van der Waals surface area (Å²) in [6.07, 6.45) is 0.778. The van der Waals surface area contributed by atoms with Crippen LogP contribution >= 0.6 is 0 Å². The maximum absolute atomic E-state index is 9.87. The van der Waals surface area contributed by atoms with Crippen molar-refractivity contribution in [3.8, 4) is 61.3 Å². The van der Waals surface area contributed by atoms with Crippen LogP contribution < -0.4 is 9.80 Å². The lowest BCUT2D eigenvalue weighted by Gasteiger charge is -2.47. The van der Waals surface area contributed by atoms with Gasteiger partial charge < -0.3 is 14.4 Å². The van der Waals surface area contributed by atoms with Crippen molar-refractivity contribution in [3.63, 3.8) is 0 Å². The van der Waals surface area contributed by atoms with Crippen LogP contribution in [0.4, 0.5) is 34.1 Å². The van der Waals surface area contributed by atoms with Gasteiger partial charge in [-0.1, -0.05) is 314 Å². The number of hydrogen-bond acceptors (Lipinski definition) is 2. The molecule has 14 aromatic carbocycles. The highest BCUT2D eigenvalue weighted by atomic mass is 15.2. The van der Waals surface area contributed by atoms with Crippen LogP contribution in [0.25, 0.3) is 83.1 Å². The molecule has 1 aromatic heterocycles. The maximum Gasteiger partial charge on any atom is 0.0645 e. The second kappa shape index (κ2) is 23.1. The van der Waals surface area contributed by atoms with Crippen LogP contribution in [0.3, 0.4) is 0 Å². The number of benzene rings is 14. The summed E-state index contributed by atoms with van der Waals surface area (Å²) in [5.41, 5.74) is 27.6. The van der Waals surface area contributed by atoms with Gasteiger partial charge in [0, 0.05) is 56.1 Å². The molecule has 0 fully saturated rings. The van der Waals surface area contributed by atoms with Gasteiger partial charge in [-0.2, -0.15) is 0 Å². The van der Waals surface area contributed by atoms with E-state index >= 15 is 0 Å². The van der Waals surface area contributed by atoms with Crippen LogP contribution in [-0.2, 0) is 17.3 Å². The normalized spacial score (nSPS) is 15.1. The first-order valence-electron chi connectivity index (χ1n) is 38.1. The predicted molar refractivity (Wildman–Crippen MR) is 412 cm³/mol. The monoisotopic (exact) mass is 1270 g/mol. The Labute approximate surface area is 587 Å². The van der Waals surface area contributed by atoms with Crippen molar-refractivity contribution >= 4 is 55.9 Å². The van der Waals surface area contributed by atoms with E-state index in [0.717, 1.165) is 118 Å².